The number of hydrazone groups is 1. The number of nitrogens with zero attached hydrogens (tertiary/aromatic N) is 2. The Balaban J connectivity index is 1.90. The van der Waals surface area contributed by atoms with Crippen molar-refractivity contribution >= 4 is 23.2 Å². The maximum absolute atomic E-state index is 12.5. The number of para-hydroxylation sites is 1. The number of carbonyl (C=O) groups is 2. The van der Waals surface area contributed by atoms with Crippen molar-refractivity contribution in [2.45, 2.75) is 32.2 Å². The van der Waals surface area contributed by atoms with Crippen molar-refractivity contribution in [1.82, 2.24) is 5.43 Å². The molecular formula is C14H15N3O2. The fourth-order valence-corrected chi connectivity index (χ4v) is 2.64. The second kappa shape index (κ2) is 4.50. The first kappa shape index (κ1) is 11.9. The van der Waals surface area contributed by atoms with Gasteiger partial charge in [-0.3, -0.25) is 9.59 Å². The van der Waals surface area contributed by atoms with Gasteiger partial charge in [0, 0.05) is 24.6 Å². The second-order valence-corrected chi connectivity index (χ2v) is 4.95. The van der Waals surface area contributed by atoms with Crippen LogP contribution in [0, 0.1) is 0 Å². The number of fused-ring (bicyclic) bond motifs is 1. The van der Waals surface area contributed by atoms with Crippen molar-refractivity contribution in [3.63, 3.8) is 0 Å². The minimum Gasteiger partial charge on any atom is -0.304 e. The molecule has 98 valence electrons. The van der Waals surface area contributed by atoms with Gasteiger partial charge >= 0.3 is 0 Å². The largest absolute Gasteiger partial charge is 0.304 e. The molecule has 0 fully saturated rings. The highest BCUT2D eigenvalue weighted by Crippen LogP contribution is 2.32. The number of hydrogen-bond donors (Lipinski definition) is 1. The molecule has 2 aliphatic rings. The Morgan fingerprint density at radius 1 is 1.37 bits per heavy atom. The van der Waals surface area contributed by atoms with Gasteiger partial charge in [0.1, 0.15) is 5.71 Å². The van der Waals surface area contributed by atoms with E-state index in [1.807, 2.05) is 31.2 Å². The maximum Gasteiger partial charge on any atom is 0.274 e. The van der Waals surface area contributed by atoms with E-state index >= 15 is 0 Å². The molecular weight excluding hydrogens is 242 g/mol. The van der Waals surface area contributed by atoms with Crippen LogP contribution in [0.15, 0.2) is 29.4 Å². The Bertz CT molecular complexity index is 580. The van der Waals surface area contributed by atoms with Crippen molar-refractivity contribution < 1.29 is 9.59 Å². The first-order chi connectivity index (χ1) is 9.16. The summed E-state index contributed by atoms with van der Waals surface area (Å²) in [6, 6.07) is 8.05. The average Bonchev–Trinajstić information content (AvgIpc) is 2.74. The summed E-state index contributed by atoms with van der Waals surface area (Å²) in [7, 11) is 0. The molecule has 1 unspecified atom stereocenters. The molecule has 19 heavy (non-hydrogen) atoms. The lowest BCUT2D eigenvalue weighted by molar-refractivity contribution is -0.121. The van der Waals surface area contributed by atoms with Crippen LogP contribution in [0.5, 0.6) is 0 Å². The number of nitrogens with one attached hydrogen (secondary N) is 1. The summed E-state index contributed by atoms with van der Waals surface area (Å²) < 4.78 is 0. The number of benzene rings is 1. The van der Waals surface area contributed by atoms with E-state index in [1.165, 1.54) is 5.56 Å². The van der Waals surface area contributed by atoms with Crippen LogP contribution in [0.25, 0.3) is 0 Å². The van der Waals surface area contributed by atoms with Crippen molar-refractivity contribution in [2.75, 3.05) is 4.90 Å². The molecule has 1 N–H and O–H groups in total. The van der Waals surface area contributed by atoms with Crippen molar-refractivity contribution in [1.29, 1.82) is 0 Å². The van der Waals surface area contributed by atoms with Crippen LogP contribution in [0.2, 0.25) is 0 Å². The van der Waals surface area contributed by atoms with E-state index in [9.17, 15) is 9.59 Å². The molecule has 0 aromatic heterocycles. The average molecular weight is 257 g/mol. The molecule has 2 amide bonds. The van der Waals surface area contributed by atoms with E-state index in [0.29, 0.717) is 18.6 Å². The molecule has 0 saturated carbocycles. The Labute approximate surface area is 111 Å². The Kier molecular flexibility index (Phi) is 2.81. The monoisotopic (exact) mass is 257 g/mol. The molecule has 1 aromatic carbocycles. The number of hydrogen-bond acceptors (Lipinski definition) is 3. The third-order valence-electron chi connectivity index (χ3n) is 3.58. The highest BCUT2D eigenvalue weighted by atomic mass is 16.2. The first-order valence-electron chi connectivity index (χ1n) is 6.43. The van der Waals surface area contributed by atoms with Gasteiger partial charge in [0.2, 0.25) is 5.91 Å². The van der Waals surface area contributed by atoms with Crippen molar-refractivity contribution in [2.24, 2.45) is 5.10 Å². The second-order valence-electron chi connectivity index (χ2n) is 4.95. The van der Waals surface area contributed by atoms with Crippen LogP contribution in [-0.4, -0.2) is 23.6 Å². The maximum atomic E-state index is 12.5. The van der Waals surface area contributed by atoms with Crippen LogP contribution < -0.4 is 10.3 Å². The summed E-state index contributed by atoms with van der Waals surface area (Å²) in [6.07, 6.45) is 1.60. The molecule has 0 saturated heterocycles. The Hall–Kier alpha value is -2.17. The number of anilines is 1. The Morgan fingerprint density at radius 2 is 2.16 bits per heavy atom. The summed E-state index contributed by atoms with van der Waals surface area (Å²) in [5.41, 5.74) is 4.95. The van der Waals surface area contributed by atoms with E-state index in [2.05, 4.69) is 10.5 Å². The fourth-order valence-electron chi connectivity index (χ4n) is 2.64. The molecule has 0 bridgehead atoms. The lowest BCUT2D eigenvalue weighted by Crippen LogP contribution is -2.43. The third-order valence-corrected chi connectivity index (χ3v) is 3.58. The summed E-state index contributed by atoms with van der Waals surface area (Å²) in [5, 5.41) is 3.89. The van der Waals surface area contributed by atoms with Gasteiger partial charge in [-0.1, -0.05) is 18.2 Å². The normalized spacial score (nSPS) is 21.7. The van der Waals surface area contributed by atoms with Crippen molar-refractivity contribution in [3.8, 4) is 0 Å². The van der Waals surface area contributed by atoms with E-state index in [1.54, 1.807) is 4.90 Å². The lowest BCUT2D eigenvalue weighted by atomic mass is 10.1. The van der Waals surface area contributed by atoms with Gasteiger partial charge in [0.05, 0.1) is 0 Å². The number of carbonyl (C=O) groups excluding carboxylic acids is 2. The molecule has 5 nitrogen and oxygen atoms in total. The summed E-state index contributed by atoms with van der Waals surface area (Å²) >= 11 is 0. The Morgan fingerprint density at radius 3 is 2.89 bits per heavy atom. The van der Waals surface area contributed by atoms with E-state index in [4.69, 9.17) is 0 Å². The minimum absolute atomic E-state index is 0.0996. The zero-order valence-electron chi connectivity index (χ0n) is 10.7. The van der Waals surface area contributed by atoms with Crippen LogP contribution in [-0.2, 0) is 16.0 Å². The number of rotatable bonds is 1. The smallest absolute Gasteiger partial charge is 0.274 e. The van der Waals surface area contributed by atoms with Gasteiger partial charge < -0.3 is 4.90 Å². The van der Waals surface area contributed by atoms with Crippen LogP contribution in [0.4, 0.5) is 5.69 Å². The van der Waals surface area contributed by atoms with Crippen LogP contribution in [0.3, 0.4) is 0 Å². The lowest BCUT2D eigenvalue weighted by Gasteiger charge is -2.24. The zero-order valence-corrected chi connectivity index (χ0v) is 10.7. The van der Waals surface area contributed by atoms with Crippen molar-refractivity contribution in [3.05, 3.63) is 29.8 Å². The molecule has 5 heteroatoms. The molecule has 0 aliphatic carbocycles. The summed E-state index contributed by atoms with van der Waals surface area (Å²) in [5.74, 6) is -0.233. The standard InChI is InChI=1S/C14H15N3O2/c1-9-8-10-4-2-3-5-12(10)17(9)14(19)11-6-7-13(18)16-15-11/h2-5,9H,6-8H2,1H3,(H,16,18). The predicted molar refractivity (Wildman–Crippen MR) is 71.9 cm³/mol. The molecule has 0 spiro atoms. The number of amides is 2. The molecule has 1 aromatic rings. The summed E-state index contributed by atoms with van der Waals surface area (Å²) in [4.78, 5) is 25.4. The predicted octanol–water partition coefficient (Wildman–Crippen LogP) is 1.23. The fraction of sp³-hybridized carbons (Fsp3) is 0.357. The summed E-state index contributed by atoms with van der Waals surface area (Å²) in [6.45, 7) is 2.03. The molecule has 1 atom stereocenters. The molecule has 0 radical (unpaired) electrons. The van der Waals surface area contributed by atoms with E-state index < -0.39 is 0 Å². The molecule has 3 rings (SSSR count). The van der Waals surface area contributed by atoms with Gasteiger partial charge in [0.15, 0.2) is 0 Å². The van der Waals surface area contributed by atoms with Gasteiger partial charge in [-0.15, -0.1) is 0 Å². The van der Waals surface area contributed by atoms with Gasteiger partial charge in [-0.25, -0.2) is 5.43 Å². The highest BCUT2D eigenvalue weighted by Gasteiger charge is 2.33. The topological polar surface area (TPSA) is 61.8 Å². The van der Waals surface area contributed by atoms with E-state index in [-0.39, 0.29) is 17.9 Å². The van der Waals surface area contributed by atoms with E-state index in [0.717, 1.165) is 12.1 Å². The third kappa shape index (κ3) is 2.01. The van der Waals surface area contributed by atoms with Gasteiger partial charge in [-0.2, -0.15) is 5.10 Å². The minimum atomic E-state index is -0.133. The quantitative estimate of drug-likeness (QED) is 0.822. The van der Waals surface area contributed by atoms with Gasteiger partial charge in [-0.05, 0) is 25.0 Å². The highest BCUT2D eigenvalue weighted by molar-refractivity contribution is 6.44. The molecule has 2 heterocycles. The van der Waals surface area contributed by atoms with Crippen LogP contribution >= 0.6 is 0 Å². The first-order valence-corrected chi connectivity index (χ1v) is 6.43. The zero-order chi connectivity index (χ0) is 13.4. The van der Waals surface area contributed by atoms with Gasteiger partial charge in [0.25, 0.3) is 5.91 Å². The molecule has 2 aliphatic heterocycles. The SMILES string of the molecule is CC1Cc2ccccc2N1C(=O)C1=NNC(=O)CC1. The van der Waals surface area contributed by atoms with Crippen LogP contribution in [0.1, 0.15) is 25.3 Å².